The van der Waals surface area contributed by atoms with Crippen LogP contribution in [0.3, 0.4) is 0 Å². The molecule has 1 aromatic rings. The number of carbonyl (C=O) groups excluding carboxylic acids is 1. The zero-order chi connectivity index (χ0) is 13.6. The van der Waals surface area contributed by atoms with Gasteiger partial charge in [-0.25, -0.2) is 0 Å². The van der Waals surface area contributed by atoms with Crippen LogP contribution in [0.15, 0.2) is 17.5 Å². The summed E-state index contributed by atoms with van der Waals surface area (Å²) < 4.78 is 0. The van der Waals surface area contributed by atoms with Gasteiger partial charge in [-0.05, 0) is 29.7 Å². The minimum Gasteiger partial charge on any atom is -0.394 e. The Morgan fingerprint density at radius 2 is 2.22 bits per heavy atom. The molecule has 1 heterocycles. The molecule has 0 aliphatic rings. The highest BCUT2D eigenvalue weighted by atomic mass is 32.1. The fraction of sp³-hybridized carbons (Fsp3) is 0.643. The number of hydrogen-bond donors (Lipinski definition) is 2. The summed E-state index contributed by atoms with van der Waals surface area (Å²) in [6.07, 6.45) is 2.05. The van der Waals surface area contributed by atoms with E-state index in [4.69, 9.17) is 0 Å². The van der Waals surface area contributed by atoms with Crippen LogP contribution in [0.5, 0.6) is 0 Å². The molecule has 1 amide bonds. The van der Waals surface area contributed by atoms with Crippen LogP contribution in [0.4, 0.5) is 0 Å². The number of thiophene rings is 1. The van der Waals surface area contributed by atoms with Crippen molar-refractivity contribution in [2.24, 2.45) is 5.41 Å². The third-order valence-electron chi connectivity index (χ3n) is 2.62. The Labute approximate surface area is 113 Å². The van der Waals surface area contributed by atoms with Crippen LogP contribution in [0.25, 0.3) is 0 Å². The smallest absolute Gasteiger partial charge is 0.220 e. The molecule has 0 saturated heterocycles. The van der Waals surface area contributed by atoms with Crippen LogP contribution in [0.1, 0.15) is 38.5 Å². The van der Waals surface area contributed by atoms with E-state index in [1.165, 1.54) is 4.88 Å². The third kappa shape index (κ3) is 6.17. The van der Waals surface area contributed by atoms with Crippen LogP contribution in [-0.4, -0.2) is 23.7 Å². The summed E-state index contributed by atoms with van der Waals surface area (Å²) in [6, 6.07) is 3.89. The van der Waals surface area contributed by atoms with Crippen molar-refractivity contribution in [1.29, 1.82) is 0 Å². The molecule has 102 valence electrons. The van der Waals surface area contributed by atoms with E-state index in [1.807, 2.05) is 17.5 Å². The number of aliphatic hydroxyl groups is 1. The Hall–Kier alpha value is -0.870. The standard InChI is InChI=1S/C14H23NO2S/c1-14(2,3)9-11(10-16)15-13(17)7-6-12-5-4-8-18-12/h4-5,8,11,16H,6-7,9-10H2,1-3H3,(H,15,17). The molecule has 0 radical (unpaired) electrons. The lowest BCUT2D eigenvalue weighted by Crippen LogP contribution is -2.40. The van der Waals surface area contributed by atoms with E-state index < -0.39 is 0 Å². The summed E-state index contributed by atoms with van der Waals surface area (Å²) in [5.74, 6) is 0.0201. The van der Waals surface area contributed by atoms with Gasteiger partial charge in [-0.15, -0.1) is 11.3 Å². The van der Waals surface area contributed by atoms with Crippen molar-refractivity contribution in [3.63, 3.8) is 0 Å². The quantitative estimate of drug-likeness (QED) is 0.834. The predicted molar refractivity (Wildman–Crippen MR) is 75.7 cm³/mol. The molecule has 0 fully saturated rings. The number of nitrogens with one attached hydrogen (secondary N) is 1. The molecule has 1 rings (SSSR count). The van der Waals surface area contributed by atoms with Crippen LogP contribution < -0.4 is 5.32 Å². The summed E-state index contributed by atoms with van der Waals surface area (Å²) in [4.78, 5) is 13.0. The average Bonchev–Trinajstić information content (AvgIpc) is 2.76. The van der Waals surface area contributed by atoms with Crippen molar-refractivity contribution in [2.75, 3.05) is 6.61 Å². The molecular weight excluding hydrogens is 246 g/mol. The minimum absolute atomic E-state index is 0.00200. The van der Waals surface area contributed by atoms with Gasteiger partial charge in [0.2, 0.25) is 5.91 Å². The molecule has 1 unspecified atom stereocenters. The Kier molecular flexibility index (Phi) is 5.82. The van der Waals surface area contributed by atoms with Crippen LogP contribution >= 0.6 is 11.3 Å². The molecule has 0 aromatic carbocycles. The molecule has 1 atom stereocenters. The molecule has 2 N–H and O–H groups in total. The van der Waals surface area contributed by atoms with E-state index in [0.29, 0.717) is 6.42 Å². The molecule has 0 saturated carbocycles. The zero-order valence-electron chi connectivity index (χ0n) is 11.4. The molecule has 3 nitrogen and oxygen atoms in total. The SMILES string of the molecule is CC(C)(C)CC(CO)NC(=O)CCc1cccs1. The van der Waals surface area contributed by atoms with Gasteiger partial charge >= 0.3 is 0 Å². The summed E-state index contributed by atoms with van der Waals surface area (Å²) >= 11 is 1.67. The summed E-state index contributed by atoms with van der Waals surface area (Å²) in [6.45, 7) is 6.32. The van der Waals surface area contributed by atoms with E-state index >= 15 is 0 Å². The first-order valence-electron chi connectivity index (χ1n) is 6.33. The highest BCUT2D eigenvalue weighted by Gasteiger charge is 2.19. The number of amides is 1. The van der Waals surface area contributed by atoms with Gasteiger partial charge in [-0.1, -0.05) is 26.8 Å². The monoisotopic (exact) mass is 269 g/mol. The molecule has 18 heavy (non-hydrogen) atoms. The van der Waals surface area contributed by atoms with Crippen molar-refractivity contribution >= 4 is 17.2 Å². The number of rotatable bonds is 6. The maximum absolute atomic E-state index is 11.8. The molecular formula is C14H23NO2S. The average molecular weight is 269 g/mol. The summed E-state index contributed by atoms with van der Waals surface area (Å²) in [5.41, 5.74) is 0.106. The second-order valence-corrected chi connectivity index (χ2v) is 6.82. The Morgan fingerprint density at radius 1 is 1.50 bits per heavy atom. The van der Waals surface area contributed by atoms with Crippen molar-refractivity contribution in [3.8, 4) is 0 Å². The second-order valence-electron chi connectivity index (χ2n) is 5.79. The number of aryl methyl sites for hydroxylation is 1. The van der Waals surface area contributed by atoms with E-state index in [9.17, 15) is 9.90 Å². The van der Waals surface area contributed by atoms with Crippen molar-refractivity contribution < 1.29 is 9.90 Å². The van der Waals surface area contributed by atoms with Gasteiger partial charge < -0.3 is 10.4 Å². The number of carbonyl (C=O) groups is 1. The zero-order valence-corrected chi connectivity index (χ0v) is 12.2. The van der Waals surface area contributed by atoms with Gasteiger partial charge in [0.25, 0.3) is 0 Å². The van der Waals surface area contributed by atoms with E-state index in [2.05, 4.69) is 26.1 Å². The van der Waals surface area contributed by atoms with Gasteiger partial charge in [-0.3, -0.25) is 4.79 Å². The fourth-order valence-electron chi connectivity index (χ4n) is 1.89. The highest BCUT2D eigenvalue weighted by Crippen LogP contribution is 2.20. The van der Waals surface area contributed by atoms with E-state index in [0.717, 1.165) is 12.8 Å². The lowest BCUT2D eigenvalue weighted by Gasteiger charge is -2.25. The molecule has 0 spiro atoms. The Morgan fingerprint density at radius 3 is 2.72 bits per heavy atom. The van der Waals surface area contributed by atoms with Crippen LogP contribution in [-0.2, 0) is 11.2 Å². The van der Waals surface area contributed by atoms with Gasteiger partial charge in [0.05, 0.1) is 12.6 Å². The van der Waals surface area contributed by atoms with E-state index in [-0.39, 0.29) is 24.0 Å². The highest BCUT2D eigenvalue weighted by molar-refractivity contribution is 7.09. The Balaban J connectivity index is 2.33. The van der Waals surface area contributed by atoms with Crippen LogP contribution in [0, 0.1) is 5.41 Å². The first-order valence-corrected chi connectivity index (χ1v) is 7.21. The topological polar surface area (TPSA) is 49.3 Å². The third-order valence-corrected chi connectivity index (χ3v) is 3.56. The van der Waals surface area contributed by atoms with Gasteiger partial charge in [0.15, 0.2) is 0 Å². The molecule has 1 aromatic heterocycles. The molecule has 0 bridgehead atoms. The maximum Gasteiger partial charge on any atom is 0.220 e. The normalized spacial score (nSPS) is 13.3. The van der Waals surface area contributed by atoms with Gasteiger partial charge in [0, 0.05) is 11.3 Å². The molecule has 0 aliphatic carbocycles. The predicted octanol–water partition coefficient (Wildman–Crippen LogP) is 2.59. The van der Waals surface area contributed by atoms with Crippen molar-refractivity contribution in [2.45, 2.75) is 46.1 Å². The first-order chi connectivity index (χ1) is 8.40. The Bertz CT molecular complexity index is 354. The largest absolute Gasteiger partial charge is 0.394 e. The van der Waals surface area contributed by atoms with Crippen molar-refractivity contribution in [1.82, 2.24) is 5.32 Å². The van der Waals surface area contributed by atoms with Gasteiger partial charge in [0.1, 0.15) is 0 Å². The second kappa shape index (κ2) is 6.90. The minimum atomic E-state index is -0.138. The maximum atomic E-state index is 11.8. The molecule has 0 aliphatic heterocycles. The fourth-order valence-corrected chi connectivity index (χ4v) is 2.60. The van der Waals surface area contributed by atoms with E-state index in [1.54, 1.807) is 11.3 Å². The lowest BCUT2D eigenvalue weighted by atomic mass is 9.88. The number of aliphatic hydroxyl groups excluding tert-OH is 1. The summed E-state index contributed by atoms with van der Waals surface area (Å²) in [5, 5.41) is 14.2. The molecule has 4 heteroatoms. The first kappa shape index (κ1) is 15.2. The lowest BCUT2D eigenvalue weighted by molar-refractivity contribution is -0.122. The summed E-state index contributed by atoms with van der Waals surface area (Å²) in [7, 11) is 0. The van der Waals surface area contributed by atoms with Gasteiger partial charge in [-0.2, -0.15) is 0 Å². The van der Waals surface area contributed by atoms with Crippen LogP contribution in [0.2, 0.25) is 0 Å². The number of hydrogen-bond acceptors (Lipinski definition) is 3. The van der Waals surface area contributed by atoms with Crippen molar-refractivity contribution in [3.05, 3.63) is 22.4 Å².